The van der Waals surface area contributed by atoms with Crippen LogP contribution in [0.5, 0.6) is 0 Å². The van der Waals surface area contributed by atoms with E-state index in [1.807, 2.05) is 18.2 Å². The average molecular weight is 300 g/mol. The van der Waals surface area contributed by atoms with Gasteiger partial charge in [0.2, 0.25) is 0 Å². The highest BCUT2D eigenvalue weighted by Gasteiger charge is 2.11. The zero-order valence-electron chi connectivity index (χ0n) is 12.5. The summed E-state index contributed by atoms with van der Waals surface area (Å²) in [7, 11) is 1.69. The van der Waals surface area contributed by atoms with Gasteiger partial charge in [0.15, 0.2) is 0 Å². The van der Waals surface area contributed by atoms with Gasteiger partial charge in [-0.1, -0.05) is 36.7 Å². The van der Waals surface area contributed by atoms with Gasteiger partial charge >= 0.3 is 0 Å². The monoisotopic (exact) mass is 299 g/mol. The molecule has 0 heterocycles. The lowest BCUT2D eigenvalue weighted by Crippen LogP contribution is -2.25. The first-order valence-electron chi connectivity index (χ1n) is 7.28. The van der Waals surface area contributed by atoms with Gasteiger partial charge < -0.3 is 14.8 Å². The maximum atomic E-state index is 6.24. The molecule has 0 fully saturated rings. The quantitative estimate of drug-likeness (QED) is 0.637. The van der Waals surface area contributed by atoms with Gasteiger partial charge in [0.25, 0.3) is 0 Å². The Kier molecular flexibility index (Phi) is 9.67. The maximum Gasteiger partial charge on any atom is 0.0700 e. The molecule has 0 aliphatic heterocycles. The summed E-state index contributed by atoms with van der Waals surface area (Å²) in [6.07, 6.45) is 2.02. The van der Waals surface area contributed by atoms with E-state index in [0.717, 1.165) is 37.6 Å². The third-order valence-corrected chi connectivity index (χ3v) is 3.62. The Bertz CT molecular complexity index is 360. The number of hydrogen-bond acceptors (Lipinski definition) is 3. The molecule has 1 aromatic rings. The molecule has 0 aromatic heterocycles. The predicted octanol–water partition coefficient (Wildman–Crippen LogP) is 3.16. The summed E-state index contributed by atoms with van der Waals surface area (Å²) in [5.74, 6) is 0.539. The largest absolute Gasteiger partial charge is 0.382 e. The van der Waals surface area contributed by atoms with Crippen molar-refractivity contribution in [2.75, 3.05) is 40.0 Å². The number of methoxy groups -OCH3 is 1. The Balaban J connectivity index is 2.41. The minimum atomic E-state index is 0.539. The summed E-state index contributed by atoms with van der Waals surface area (Å²) in [5.41, 5.74) is 1.22. The third-order valence-electron chi connectivity index (χ3n) is 3.25. The van der Waals surface area contributed by atoms with Crippen molar-refractivity contribution in [1.29, 1.82) is 0 Å². The molecule has 0 amide bonds. The topological polar surface area (TPSA) is 30.5 Å². The van der Waals surface area contributed by atoms with E-state index in [-0.39, 0.29) is 0 Å². The van der Waals surface area contributed by atoms with Crippen LogP contribution in [0.1, 0.15) is 18.9 Å². The lowest BCUT2D eigenvalue weighted by molar-refractivity contribution is 0.0636. The second kappa shape index (κ2) is 11.1. The van der Waals surface area contributed by atoms with Gasteiger partial charge in [0.1, 0.15) is 0 Å². The minimum absolute atomic E-state index is 0.539. The molecule has 1 N–H and O–H groups in total. The van der Waals surface area contributed by atoms with Crippen molar-refractivity contribution in [3.05, 3.63) is 34.9 Å². The van der Waals surface area contributed by atoms with Gasteiger partial charge in [-0.15, -0.1) is 0 Å². The Hall–Kier alpha value is -0.610. The van der Waals surface area contributed by atoms with Crippen molar-refractivity contribution in [2.24, 2.45) is 5.92 Å². The molecular weight excluding hydrogens is 274 g/mol. The molecule has 4 heteroatoms. The third kappa shape index (κ3) is 7.25. The van der Waals surface area contributed by atoms with E-state index in [1.165, 1.54) is 5.56 Å². The molecule has 0 bridgehead atoms. The van der Waals surface area contributed by atoms with Crippen LogP contribution in [0.3, 0.4) is 0 Å². The maximum absolute atomic E-state index is 6.24. The van der Waals surface area contributed by atoms with Crippen molar-refractivity contribution < 1.29 is 9.47 Å². The summed E-state index contributed by atoms with van der Waals surface area (Å²) < 4.78 is 10.5. The standard InChI is InChI=1S/C16H26ClNO2/c1-3-18-13-14(8-9-20-11-10-19-2)12-15-6-4-5-7-16(15)17/h4-7,14,18H,3,8-13H2,1-2H3. The van der Waals surface area contributed by atoms with Crippen LogP contribution in [0, 0.1) is 5.92 Å². The van der Waals surface area contributed by atoms with E-state index >= 15 is 0 Å². The molecule has 0 saturated heterocycles. The highest BCUT2D eigenvalue weighted by Crippen LogP contribution is 2.20. The first-order valence-corrected chi connectivity index (χ1v) is 7.66. The number of nitrogens with one attached hydrogen (secondary N) is 1. The van der Waals surface area contributed by atoms with E-state index in [1.54, 1.807) is 7.11 Å². The molecule has 3 nitrogen and oxygen atoms in total. The van der Waals surface area contributed by atoms with Crippen LogP contribution in [-0.2, 0) is 15.9 Å². The second-order valence-corrected chi connectivity index (χ2v) is 5.27. The molecule has 0 radical (unpaired) electrons. The van der Waals surface area contributed by atoms with Gasteiger partial charge in [0, 0.05) is 18.7 Å². The first-order chi connectivity index (χ1) is 9.77. The van der Waals surface area contributed by atoms with Crippen LogP contribution >= 0.6 is 11.6 Å². The normalized spacial score (nSPS) is 12.6. The lowest BCUT2D eigenvalue weighted by atomic mass is 9.96. The molecule has 1 atom stereocenters. The number of benzene rings is 1. The van der Waals surface area contributed by atoms with E-state index in [0.29, 0.717) is 19.1 Å². The Morgan fingerprint density at radius 2 is 2.00 bits per heavy atom. The van der Waals surface area contributed by atoms with Gasteiger partial charge in [0.05, 0.1) is 13.2 Å². The average Bonchev–Trinajstić information content (AvgIpc) is 2.46. The zero-order valence-corrected chi connectivity index (χ0v) is 13.3. The van der Waals surface area contributed by atoms with Gasteiger partial charge in [-0.2, -0.15) is 0 Å². The molecule has 1 aromatic carbocycles. The summed E-state index contributed by atoms with van der Waals surface area (Å²) in [4.78, 5) is 0. The Morgan fingerprint density at radius 3 is 2.70 bits per heavy atom. The van der Waals surface area contributed by atoms with E-state index in [2.05, 4.69) is 18.3 Å². The smallest absolute Gasteiger partial charge is 0.0700 e. The van der Waals surface area contributed by atoms with Crippen LogP contribution in [0.15, 0.2) is 24.3 Å². The summed E-state index contributed by atoms with van der Waals surface area (Å²) in [6.45, 7) is 6.20. The van der Waals surface area contributed by atoms with Crippen LogP contribution in [0.2, 0.25) is 5.02 Å². The van der Waals surface area contributed by atoms with Crippen molar-refractivity contribution >= 4 is 11.6 Å². The lowest BCUT2D eigenvalue weighted by Gasteiger charge is -2.18. The summed E-state index contributed by atoms with van der Waals surface area (Å²) in [5, 5.41) is 4.27. The Morgan fingerprint density at radius 1 is 1.20 bits per heavy atom. The molecule has 0 saturated carbocycles. The van der Waals surface area contributed by atoms with Crippen molar-refractivity contribution in [3.8, 4) is 0 Å². The molecule has 1 rings (SSSR count). The second-order valence-electron chi connectivity index (χ2n) is 4.86. The van der Waals surface area contributed by atoms with E-state index in [4.69, 9.17) is 21.1 Å². The molecule has 0 spiro atoms. The van der Waals surface area contributed by atoms with Crippen LogP contribution in [0.25, 0.3) is 0 Å². The van der Waals surface area contributed by atoms with Crippen LogP contribution in [-0.4, -0.2) is 40.0 Å². The number of halogens is 1. The number of rotatable bonds is 11. The highest BCUT2D eigenvalue weighted by atomic mass is 35.5. The number of hydrogen-bond donors (Lipinski definition) is 1. The molecule has 0 aliphatic carbocycles. The molecular formula is C16H26ClNO2. The van der Waals surface area contributed by atoms with Crippen molar-refractivity contribution in [3.63, 3.8) is 0 Å². The van der Waals surface area contributed by atoms with E-state index in [9.17, 15) is 0 Å². The number of ether oxygens (including phenoxy) is 2. The van der Waals surface area contributed by atoms with Crippen molar-refractivity contribution in [1.82, 2.24) is 5.32 Å². The van der Waals surface area contributed by atoms with Crippen LogP contribution < -0.4 is 5.32 Å². The zero-order chi connectivity index (χ0) is 14.6. The van der Waals surface area contributed by atoms with Gasteiger partial charge in [-0.25, -0.2) is 0 Å². The van der Waals surface area contributed by atoms with Gasteiger partial charge in [-0.3, -0.25) is 0 Å². The predicted molar refractivity (Wildman–Crippen MR) is 84.5 cm³/mol. The van der Waals surface area contributed by atoms with Gasteiger partial charge in [-0.05, 0) is 43.5 Å². The SMILES string of the molecule is CCNCC(CCOCCOC)Cc1ccccc1Cl. The van der Waals surface area contributed by atoms with E-state index < -0.39 is 0 Å². The fraction of sp³-hybridized carbons (Fsp3) is 0.625. The molecule has 1 unspecified atom stereocenters. The fourth-order valence-electron chi connectivity index (χ4n) is 2.09. The first kappa shape index (κ1) is 17.4. The fourth-order valence-corrected chi connectivity index (χ4v) is 2.31. The summed E-state index contributed by atoms with van der Waals surface area (Å²) >= 11 is 6.24. The Labute approximate surface area is 127 Å². The molecule has 114 valence electrons. The van der Waals surface area contributed by atoms with Crippen LogP contribution in [0.4, 0.5) is 0 Å². The minimum Gasteiger partial charge on any atom is -0.382 e. The molecule has 20 heavy (non-hydrogen) atoms. The highest BCUT2D eigenvalue weighted by molar-refractivity contribution is 6.31. The molecule has 0 aliphatic rings. The summed E-state index contributed by atoms with van der Waals surface area (Å²) in [6, 6.07) is 8.07. The van der Waals surface area contributed by atoms with Crippen molar-refractivity contribution in [2.45, 2.75) is 19.8 Å².